The van der Waals surface area contributed by atoms with Crippen LogP contribution in [0, 0.1) is 0 Å². The third-order valence-corrected chi connectivity index (χ3v) is 7.10. The second-order valence-electron chi connectivity index (χ2n) is 9.25. The number of carbonyl (C=O) groups excluding carboxylic acids is 3. The molecule has 2 aliphatic heterocycles. The van der Waals surface area contributed by atoms with Crippen LogP contribution in [0.15, 0.2) is 48.5 Å². The van der Waals surface area contributed by atoms with Crippen molar-refractivity contribution < 1.29 is 19.1 Å². The van der Waals surface area contributed by atoms with Crippen LogP contribution in [0.1, 0.15) is 29.5 Å². The molecule has 178 valence electrons. The third-order valence-electron chi connectivity index (χ3n) is 7.10. The Morgan fingerprint density at radius 1 is 1.09 bits per heavy atom. The van der Waals surface area contributed by atoms with Gasteiger partial charge in [0.25, 0.3) is 5.91 Å². The van der Waals surface area contributed by atoms with Crippen LogP contribution in [-0.2, 0) is 32.8 Å². The molecule has 2 aromatic rings. The molecular formula is C26H30N4O4. The Morgan fingerprint density at radius 2 is 1.82 bits per heavy atom. The van der Waals surface area contributed by atoms with E-state index in [1.165, 1.54) is 0 Å². The number of likely N-dealkylation sites (N-methyl/N-ethyl adjacent to an activating group) is 1. The summed E-state index contributed by atoms with van der Waals surface area (Å²) < 4.78 is 5.41. The molecule has 2 heterocycles. The van der Waals surface area contributed by atoms with Gasteiger partial charge in [0.2, 0.25) is 5.91 Å². The molecule has 5 rings (SSSR count). The van der Waals surface area contributed by atoms with Crippen LogP contribution in [-0.4, -0.2) is 67.5 Å². The SMILES string of the molecule is CN(Cc1ccc(N2CCOCC2)cc1)C(=O)CN1C(=O)NC2(CCCc3ccccc32)C1=O. The van der Waals surface area contributed by atoms with E-state index in [0.717, 1.165) is 66.4 Å². The van der Waals surface area contributed by atoms with Gasteiger partial charge in [0.05, 0.1) is 13.2 Å². The molecule has 3 aliphatic rings. The summed E-state index contributed by atoms with van der Waals surface area (Å²) in [5.41, 5.74) is 3.00. The predicted molar refractivity (Wildman–Crippen MR) is 127 cm³/mol. The number of ether oxygens (including phenoxy) is 1. The summed E-state index contributed by atoms with van der Waals surface area (Å²) in [5.74, 6) is -0.608. The van der Waals surface area contributed by atoms with Crippen LogP contribution in [0.3, 0.4) is 0 Å². The fourth-order valence-corrected chi connectivity index (χ4v) is 5.21. The fraction of sp³-hybridized carbons (Fsp3) is 0.423. The first-order chi connectivity index (χ1) is 16.5. The average Bonchev–Trinajstić information content (AvgIpc) is 3.10. The molecule has 1 atom stereocenters. The molecule has 1 N–H and O–H groups in total. The lowest BCUT2D eigenvalue weighted by Crippen LogP contribution is -2.47. The zero-order chi connectivity index (χ0) is 23.7. The first kappa shape index (κ1) is 22.4. The lowest BCUT2D eigenvalue weighted by molar-refractivity contribution is -0.139. The Morgan fingerprint density at radius 3 is 2.59 bits per heavy atom. The van der Waals surface area contributed by atoms with E-state index in [1.807, 2.05) is 36.4 Å². The van der Waals surface area contributed by atoms with Crippen LogP contribution >= 0.6 is 0 Å². The van der Waals surface area contributed by atoms with Crippen molar-refractivity contribution in [1.29, 1.82) is 0 Å². The Bertz CT molecular complexity index is 1100. The standard InChI is InChI=1S/C26H30N4O4/c1-28(17-19-8-10-21(11-9-19)29-13-15-34-16-14-29)23(31)18-30-24(32)26(27-25(30)33)12-4-6-20-5-2-3-7-22(20)26/h2-3,5,7-11H,4,6,12-18H2,1H3,(H,27,33). The van der Waals surface area contributed by atoms with Gasteiger partial charge in [0.15, 0.2) is 0 Å². The minimum Gasteiger partial charge on any atom is -0.378 e. The van der Waals surface area contributed by atoms with Crippen molar-refractivity contribution in [3.63, 3.8) is 0 Å². The zero-order valence-corrected chi connectivity index (χ0v) is 19.5. The molecule has 8 heteroatoms. The van der Waals surface area contributed by atoms with Crippen molar-refractivity contribution >= 4 is 23.5 Å². The molecule has 34 heavy (non-hydrogen) atoms. The molecule has 2 saturated heterocycles. The van der Waals surface area contributed by atoms with Gasteiger partial charge in [0, 0.05) is 32.4 Å². The number of anilines is 1. The monoisotopic (exact) mass is 462 g/mol. The number of nitrogens with zero attached hydrogens (tertiary/aromatic N) is 3. The number of hydrogen-bond acceptors (Lipinski definition) is 5. The van der Waals surface area contributed by atoms with E-state index in [1.54, 1.807) is 11.9 Å². The normalized spacial score (nSPS) is 22.0. The van der Waals surface area contributed by atoms with E-state index >= 15 is 0 Å². The van der Waals surface area contributed by atoms with E-state index in [-0.39, 0.29) is 18.4 Å². The summed E-state index contributed by atoms with van der Waals surface area (Å²) >= 11 is 0. The molecule has 2 fully saturated rings. The van der Waals surface area contributed by atoms with Gasteiger partial charge in [-0.15, -0.1) is 0 Å². The van der Waals surface area contributed by atoms with E-state index in [0.29, 0.717) is 13.0 Å². The Kier molecular flexibility index (Phi) is 6.00. The van der Waals surface area contributed by atoms with Crippen molar-refractivity contribution in [3.8, 4) is 0 Å². The zero-order valence-electron chi connectivity index (χ0n) is 19.5. The fourth-order valence-electron chi connectivity index (χ4n) is 5.21. The number of amides is 4. The number of benzene rings is 2. The van der Waals surface area contributed by atoms with E-state index in [9.17, 15) is 14.4 Å². The largest absolute Gasteiger partial charge is 0.378 e. The van der Waals surface area contributed by atoms with Gasteiger partial charge in [-0.1, -0.05) is 36.4 Å². The number of aryl methyl sites for hydroxylation is 1. The van der Waals surface area contributed by atoms with E-state index in [4.69, 9.17) is 4.74 Å². The van der Waals surface area contributed by atoms with Crippen LogP contribution < -0.4 is 10.2 Å². The number of morpholine rings is 1. The summed E-state index contributed by atoms with van der Waals surface area (Å²) in [6, 6.07) is 15.4. The van der Waals surface area contributed by atoms with E-state index < -0.39 is 11.6 Å². The van der Waals surface area contributed by atoms with Gasteiger partial charge in [0.1, 0.15) is 12.1 Å². The smallest absolute Gasteiger partial charge is 0.325 e. The summed E-state index contributed by atoms with van der Waals surface area (Å²) in [6.07, 6.45) is 2.24. The quantitative estimate of drug-likeness (QED) is 0.690. The van der Waals surface area contributed by atoms with Crippen LogP contribution in [0.2, 0.25) is 0 Å². The predicted octanol–water partition coefficient (Wildman–Crippen LogP) is 2.27. The highest BCUT2D eigenvalue weighted by Gasteiger charge is 2.54. The van der Waals surface area contributed by atoms with E-state index in [2.05, 4.69) is 22.3 Å². The average molecular weight is 463 g/mol. The summed E-state index contributed by atoms with van der Waals surface area (Å²) in [6.45, 7) is 3.34. The second-order valence-corrected chi connectivity index (χ2v) is 9.25. The van der Waals surface area contributed by atoms with Gasteiger partial charge in [-0.2, -0.15) is 0 Å². The number of imide groups is 1. The van der Waals surface area contributed by atoms with Gasteiger partial charge >= 0.3 is 6.03 Å². The highest BCUT2D eigenvalue weighted by Crippen LogP contribution is 2.39. The van der Waals surface area contributed by atoms with Crippen molar-refractivity contribution in [2.45, 2.75) is 31.3 Å². The topological polar surface area (TPSA) is 82.2 Å². The highest BCUT2D eigenvalue weighted by molar-refractivity contribution is 6.09. The molecule has 8 nitrogen and oxygen atoms in total. The highest BCUT2D eigenvalue weighted by atomic mass is 16.5. The maximum atomic E-state index is 13.4. The Labute approximate surface area is 199 Å². The van der Waals surface area contributed by atoms with Crippen molar-refractivity contribution in [2.24, 2.45) is 0 Å². The Hall–Kier alpha value is -3.39. The van der Waals surface area contributed by atoms with Gasteiger partial charge in [-0.25, -0.2) is 4.79 Å². The molecule has 2 aromatic carbocycles. The molecule has 0 radical (unpaired) electrons. The van der Waals surface area contributed by atoms with Gasteiger partial charge < -0.3 is 19.9 Å². The van der Waals surface area contributed by atoms with Crippen LogP contribution in [0.4, 0.5) is 10.5 Å². The molecule has 1 spiro atoms. The van der Waals surface area contributed by atoms with Crippen molar-refractivity contribution in [1.82, 2.24) is 15.1 Å². The second kappa shape index (κ2) is 9.10. The minimum absolute atomic E-state index is 0.267. The lowest BCUT2D eigenvalue weighted by Gasteiger charge is -2.33. The van der Waals surface area contributed by atoms with Crippen molar-refractivity contribution in [3.05, 3.63) is 65.2 Å². The molecular weight excluding hydrogens is 432 g/mol. The minimum atomic E-state index is -1.06. The maximum Gasteiger partial charge on any atom is 0.325 e. The number of hydrogen-bond donors (Lipinski definition) is 1. The number of urea groups is 1. The summed E-state index contributed by atoms with van der Waals surface area (Å²) in [5, 5.41) is 2.91. The summed E-state index contributed by atoms with van der Waals surface area (Å²) in [7, 11) is 1.70. The molecule has 0 bridgehead atoms. The third kappa shape index (κ3) is 4.03. The maximum absolute atomic E-state index is 13.4. The number of rotatable bonds is 5. The van der Waals surface area contributed by atoms with Crippen LogP contribution in [0.25, 0.3) is 0 Å². The first-order valence-corrected chi connectivity index (χ1v) is 11.9. The summed E-state index contributed by atoms with van der Waals surface area (Å²) in [4.78, 5) is 44.1. The van der Waals surface area contributed by atoms with Gasteiger partial charge in [-0.3, -0.25) is 14.5 Å². The first-order valence-electron chi connectivity index (χ1n) is 11.9. The molecule has 4 amide bonds. The van der Waals surface area contributed by atoms with Crippen molar-refractivity contribution in [2.75, 3.05) is 44.8 Å². The van der Waals surface area contributed by atoms with Gasteiger partial charge in [-0.05, 0) is 48.1 Å². The number of fused-ring (bicyclic) bond motifs is 2. The number of carbonyl (C=O) groups is 3. The lowest BCUT2D eigenvalue weighted by atomic mass is 9.76. The van der Waals surface area contributed by atoms with Crippen LogP contribution in [0.5, 0.6) is 0 Å². The molecule has 1 unspecified atom stereocenters. The molecule has 0 aromatic heterocycles. The Balaban J connectivity index is 1.24. The molecule has 0 saturated carbocycles. The molecule has 1 aliphatic carbocycles. The number of nitrogens with one attached hydrogen (secondary N) is 1.